The van der Waals surface area contributed by atoms with E-state index in [4.69, 9.17) is 31.9 Å². The zero-order valence-corrected chi connectivity index (χ0v) is 15.6. The van der Waals surface area contributed by atoms with E-state index in [-0.39, 0.29) is 23.8 Å². The standard InChI is InChI=1S/C11H11N5.C7H6O5.ClH/c12-10-7-6-9(11(13)14-10)16-15-8-4-2-1-3-5-8;8-4-1-3(7(11)12)2-5(9)6(4)10;/h1-7H,(H4,12,13,14);1-2,8-10H,(H,11,12);1H. The highest BCUT2D eigenvalue weighted by atomic mass is 35.5. The van der Waals surface area contributed by atoms with Crippen LogP contribution in [0.1, 0.15) is 10.4 Å². The van der Waals surface area contributed by atoms with Crippen LogP contribution in [0.3, 0.4) is 0 Å². The van der Waals surface area contributed by atoms with Crippen LogP contribution in [0.15, 0.2) is 64.8 Å². The molecule has 1 aromatic heterocycles. The molecule has 2 aromatic carbocycles. The van der Waals surface area contributed by atoms with Crippen molar-refractivity contribution in [3.8, 4) is 17.2 Å². The molecule has 0 atom stereocenters. The van der Waals surface area contributed by atoms with Crippen molar-refractivity contribution < 1.29 is 25.2 Å². The van der Waals surface area contributed by atoms with Gasteiger partial charge < -0.3 is 31.9 Å². The quantitative estimate of drug-likeness (QED) is 0.274. The minimum atomic E-state index is -1.29. The highest BCUT2D eigenvalue weighted by Crippen LogP contribution is 2.35. The van der Waals surface area contributed by atoms with Crippen LogP contribution in [0, 0.1) is 0 Å². The monoisotopic (exact) mass is 419 g/mol. The first-order chi connectivity index (χ1) is 13.3. The SMILES string of the molecule is Cl.Nc1ccc(N=Nc2ccccc2)c(N)n1.O=C(O)c1cc(O)c(O)c(O)c1. The van der Waals surface area contributed by atoms with Crippen LogP contribution < -0.4 is 11.5 Å². The van der Waals surface area contributed by atoms with Crippen LogP contribution in [0.2, 0.25) is 0 Å². The Morgan fingerprint density at radius 1 is 0.897 bits per heavy atom. The lowest BCUT2D eigenvalue weighted by atomic mass is 10.2. The fraction of sp³-hybridized carbons (Fsp3) is 0. The molecule has 0 radical (unpaired) electrons. The maximum atomic E-state index is 10.3. The number of hydrogen-bond acceptors (Lipinski definition) is 9. The van der Waals surface area contributed by atoms with Gasteiger partial charge in [0, 0.05) is 0 Å². The number of phenols is 3. The lowest BCUT2D eigenvalue weighted by Crippen LogP contribution is -1.95. The summed E-state index contributed by atoms with van der Waals surface area (Å²) in [5, 5.41) is 43.0. The third-order valence-corrected chi connectivity index (χ3v) is 3.27. The number of phenolic OH excluding ortho intramolecular Hbond substituents is 3. The summed E-state index contributed by atoms with van der Waals surface area (Å²) in [4.78, 5) is 14.2. The molecule has 0 aliphatic heterocycles. The Kier molecular flexibility index (Phi) is 8.19. The molecule has 1 heterocycles. The van der Waals surface area contributed by atoms with Gasteiger partial charge in [0.2, 0.25) is 0 Å². The van der Waals surface area contributed by atoms with Gasteiger partial charge in [-0.3, -0.25) is 0 Å². The number of pyridine rings is 1. The first-order valence-corrected chi connectivity index (χ1v) is 7.75. The van der Waals surface area contributed by atoms with E-state index >= 15 is 0 Å². The second-order valence-electron chi connectivity index (χ2n) is 5.34. The minimum Gasteiger partial charge on any atom is -0.504 e. The fourth-order valence-corrected chi connectivity index (χ4v) is 1.90. The van der Waals surface area contributed by atoms with Crippen molar-refractivity contribution in [2.45, 2.75) is 0 Å². The number of aromatic carboxylic acids is 1. The Morgan fingerprint density at radius 3 is 2.00 bits per heavy atom. The number of nitrogen functional groups attached to an aromatic ring is 2. The predicted molar refractivity (Wildman–Crippen MR) is 109 cm³/mol. The molecular weight excluding hydrogens is 402 g/mol. The Morgan fingerprint density at radius 2 is 1.48 bits per heavy atom. The molecule has 0 saturated carbocycles. The largest absolute Gasteiger partial charge is 0.504 e. The number of aromatic nitrogens is 1. The molecule has 29 heavy (non-hydrogen) atoms. The van der Waals surface area contributed by atoms with E-state index in [0.717, 1.165) is 17.8 Å². The highest BCUT2D eigenvalue weighted by molar-refractivity contribution is 5.89. The van der Waals surface area contributed by atoms with Crippen molar-refractivity contribution in [1.29, 1.82) is 0 Å². The lowest BCUT2D eigenvalue weighted by molar-refractivity contribution is 0.0696. The molecule has 10 nitrogen and oxygen atoms in total. The van der Waals surface area contributed by atoms with E-state index in [0.29, 0.717) is 11.5 Å². The number of azo groups is 1. The zero-order valence-electron chi connectivity index (χ0n) is 14.8. The predicted octanol–water partition coefficient (Wildman–Crippen LogP) is 3.58. The normalized spacial score (nSPS) is 9.93. The Hall–Kier alpha value is -4.05. The number of anilines is 2. The van der Waals surface area contributed by atoms with Gasteiger partial charge in [0.25, 0.3) is 0 Å². The van der Waals surface area contributed by atoms with Gasteiger partial charge in [-0.25, -0.2) is 9.78 Å². The van der Waals surface area contributed by atoms with Crippen LogP contribution in [-0.2, 0) is 0 Å². The molecule has 0 aliphatic rings. The molecule has 0 bridgehead atoms. The second-order valence-corrected chi connectivity index (χ2v) is 5.34. The van der Waals surface area contributed by atoms with Gasteiger partial charge >= 0.3 is 5.97 Å². The van der Waals surface area contributed by atoms with E-state index in [1.807, 2.05) is 30.3 Å². The minimum absolute atomic E-state index is 0. The van der Waals surface area contributed by atoms with Crippen LogP contribution >= 0.6 is 12.4 Å². The molecule has 11 heteroatoms. The van der Waals surface area contributed by atoms with E-state index in [9.17, 15) is 4.79 Å². The summed E-state index contributed by atoms with van der Waals surface area (Å²) < 4.78 is 0. The maximum absolute atomic E-state index is 10.3. The number of carboxylic acids is 1. The Labute approximate surface area is 171 Å². The molecule has 3 rings (SSSR count). The van der Waals surface area contributed by atoms with Crippen molar-refractivity contribution in [1.82, 2.24) is 4.98 Å². The molecule has 8 N–H and O–H groups in total. The number of carboxylic acid groups (broad SMARTS) is 1. The van der Waals surface area contributed by atoms with Gasteiger partial charge in [-0.2, -0.15) is 5.11 Å². The van der Waals surface area contributed by atoms with Gasteiger partial charge in [0.1, 0.15) is 11.5 Å². The van der Waals surface area contributed by atoms with Crippen LogP contribution in [-0.4, -0.2) is 31.4 Å². The third kappa shape index (κ3) is 6.56. The second kappa shape index (κ2) is 10.3. The summed E-state index contributed by atoms with van der Waals surface area (Å²) in [7, 11) is 0. The molecule has 152 valence electrons. The molecule has 0 fully saturated rings. The van der Waals surface area contributed by atoms with Crippen molar-refractivity contribution in [3.63, 3.8) is 0 Å². The van der Waals surface area contributed by atoms with E-state index < -0.39 is 23.2 Å². The number of hydrogen-bond donors (Lipinski definition) is 6. The fourth-order valence-electron chi connectivity index (χ4n) is 1.90. The van der Waals surface area contributed by atoms with Crippen molar-refractivity contribution in [2.24, 2.45) is 10.2 Å². The third-order valence-electron chi connectivity index (χ3n) is 3.27. The van der Waals surface area contributed by atoms with Crippen LogP contribution in [0.25, 0.3) is 0 Å². The van der Waals surface area contributed by atoms with Gasteiger partial charge in [0.05, 0.1) is 11.3 Å². The van der Waals surface area contributed by atoms with Crippen LogP contribution in [0.4, 0.5) is 23.0 Å². The average molecular weight is 420 g/mol. The van der Waals surface area contributed by atoms with E-state index in [1.54, 1.807) is 12.1 Å². The van der Waals surface area contributed by atoms with Crippen molar-refractivity contribution >= 4 is 41.4 Å². The molecule has 0 unspecified atom stereocenters. The number of carbonyl (C=O) groups is 1. The van der Waals surface area contributed by atoms with Gasteiger partial charge in [-0.1, -0.05) is 18.2 Å². The summed E-state index contributed by atoms with van der Waals surface area (Å²) in [6.07, 6.45) is 0. The number of nitrogens with zero attached hydrogens (tertiary/aromatic N) is 3. The average Bonchev–Trinajstić information content (AvgIpc) is 2.66. The van der Waals surface area contributed by atoms with Crippen LogP contribution in [0.5, 0.6) is 17.2 Å². The van der Waals surface area contributed by atoms with E-state index in [1.165, 1.54) is 0 Å². The first kappa shape index (κ1) is 23.0. The molecular formula is C18H18ClN5O5. The molecule has 0 saturated heterocycles. The van der Waals surface area contributed by atoms with Gasteiger partial charge in [-0.15, -0.1) is 17.5 Å². The summed E-state index contributed by atoms with van der Waals surface area (Å²) in [6.45, 7) is 0. The number of benzene rings is 2. The van der Waals surface area contributed by atoms with Crippen molar-refractivity contribution in [2.75, 3.05) is 11.5 Å². The molecule has 3 aromatic rings. The lowest BCUT2D eigenvalue weighted by Gasteiger charge is -2.01. The topological polar surface area (TPSA) is 188 Å². The zero-order chi connectivity index (χ0) is 20.7. The van der Waals surface area contributed by atoms with Crippen molar-refractivity contribution in [3.05, 3.63) is 60.2 Å². The number of halogens is 1. The molecule has 0 aliphatic carbocycles. The first-order valence-electron chi connectivity index (χ1n) is 7.75. The summed E-state index contributed by atoms with van der Waals surface area (Å²) >= 11 is 0. The van der Waals surface area contributed by atoms with Gasteiger partial charge in [0.15, 0.2) is 23.1 Å². The van der Waals surface area contributed by atoms with Gasteiger partial charge in [-0.05, 0) is 36.4 Å². The summed E-state index contributed by atoms with van der Waals surface area (Å²) in [5.41, 5.74) is 12.1. The highest BCUT2D eigenvalue weighted by Gasteiger charge is 2.11. The molecule has 0 spiro atoms. The number of rotatable bonds is 3. The summed E-state index contributed by atoms with van der Waals surface area (Å²) in [5.74, 6) is -2.68. The molecule has 0 amide bonds. The summed E-state index contributed by atoms with van der Waals surface area (Å²) in [6, 6.07) is 14.4. The van der Waals surface area contributed by atoms with E-state index in [2.05, 4.69) is 15.2 Å². The smallest absolute Gasteiger partial charge is 0.335 e. The maximum Gasteiger partial charge on any atom is 0.335 e. The number of aromatic hydroxyl groups is 3. The Bertz CT molecular complexity index is 992. The number of nitrogens with two attached hydrogens (primary N) is 2. The Balaban J connectivity index is 0.000000292.